The monoisotopic (exact) mass is 458 g/mol. The van der Waals surface area contributed by atoms with Crippen molar-refractivity contribution in [3.05, 3.63) is 34.3 Å². The van der Waals surface area contributed by atoms with E-state index in [0.717, 1.165) is 10.0 Å². The molecule has 1 unspecified atom stereocenters. The Morgan fingerprint density at radius 3 is 2.43 bits per heavy atom. The first kappa shape index (κ1) is 23.7. The molecule has 0 heterocycles. The number of unbranched alkanes of at least 4 members (excludes halogenated alkanes) is 1. The fourth-order valence-electron chi connectivity index (χ4n) is 2.18. The maximum Gasteiger partial charge on any atom is 0.408 e. The Bertz CT molecular complexity index is 675. The molecule has 8 nitrogen and oxygen atoms in total. The molecule has 3 N–H and O–H groups in total. The van der Waals surface area contributed by atoms with Crippen molar-refractivity contribution in [2.45, 2.75) is 58.3 Å². The van der Waals surface area contributed by atoms with Crippen molar-refractivity contribution < 1.29 is 29.0 Å². The van der Waals surface area contributed by atoms with Gasteiger partial charge < -0.3 is 25.2 Å². The maximum atomic E-state index is 11.7. The number of alkyl carbamates (subject to hydrolysis) is 2. The summed E-state index contributed by atoms with van der Waals surface area (Å²) in [6.45, 7) is 5.58. The summed E-state index contributed by atoms with van der Waals surface area (Å²) in [6, 6.07) is 6.39. The summed E-state index contributed by atoms with van der Waals surface area (Å²) in [6.07, 6.45) is -0.0465. The minimum absolute atomic E-state index is 0.147. The molecule has 2 amide bonds. The van der Waals surface area contributed by atoms with Crippen molar-refractivity contribution in [1.29, 1.82) is 0 Å². The zero-order valence-electron chi connectivity index (χ0n) is 16.3. The number of carbonyl (C=O) groups excluding carboxylic acids is 2. The van der Waals surface area contributed by atoms with Crippen LogP contribution in [0.3, 0.4) is 0 Å². The number of halogens is 1. The van der Waals surface area contributed by atoms with E-state index in [1.54, 1.807) is 20.8 Å². The van der Waals surface area contributed by atoms with E-state index in [2.05, 4.69) is 26.6 Å². The molecule has 0 aliphatic rings. The first-order valence-electron chi connectivity index (χ1n) is 8.95. The molecule has 1 rings (SSSR count). The van der Waals surface area contributed by atoms with Crippen LogP contribution >= 0.6 is 15.9 Å². The van der Waals surface area contributed by atoms with Crippen LogP contribution in [0.2, 0.25) is 0 Å². The van der Waals surface area contributed by atoms with Crippen LogP contribution in [0.4, 0.5) is 9.59 Å². The van der Waals surface area contributed by atoms with Gasteiger partial charge in [0.2, 0.25) is 0 Å². The fraction of sp³-hybridized carbons (Fsp3) is 0.526. The van der Waals surface area contributed by atoms with E-state index in [0.29, 0.717) is 19.4 Å². The molecule has 0 aliphatic heterocycles. The Labute approximate surface area is 173 Å². The first-order valence-corrected chi connectivity index (χ1v) is 9.74. The third kappa shape index (κ3) is 10.1. The van der Waals surface area contributed by atoms with E-state index in [-0.39, 0.29) is 13.0 Å². The number of carboxylic acids is 1. The van der Waals surface area contributed by atoms with Crippen molar-refractivity contribution >= 4 is 34.1 Å². The van der Waals surface area contributed by atoms with Crippen LogP contribution in [0, 0.1) is 0 Å². The van der Waals surface area contributed by atoms with Crippen molar-refractivity contribution in [2.75, 3.05) is 6.54 Å². The molecule has 9 heteroatoms. The van der Waals surface area contributed by atoms with Crippen LogP contribution in [-0.4, -0.2) is 41.4 Å². The highest BCUT2D eigenvalue weighted by molar-refractivity contribution is 9.10. The summed E-state index contributed by atoms with van der Waals surface area (Å²) in [5.74, 6) is -1.13. The van der Waals surface area contributed by atoms with Crippen LogP contribution in [0.25, 0.3) is 0 Å². The number of ether oxygens (including phenoxy) is 2. The number of hydrogen-bond donors (Lipinski definition) is 3. The van der Waals surface area contributed by atoms with Crippen molar-refractivity contribution in [3.8, 4) is 0 Å². The highest BCUT2D eigenvalue weighted by Crippen LogP contribution is 2.16. The van der Waals surface area contributed by atoms with Gasteiger partial charge in [-0.25, -0.2) is 14.4 Å². The number of amides is 2. The van der Waals surface area contributed by atoms with Crippen molar-refractivity contribution in [2.24, 2.45) is 0 Å². The maximum absolute atomic E-state index is 11.7. The Morgan fingerprint density at radius 2 is 1.82 bits per heavy atom. The minimum Gasteiger partial charge on any atom is -0.480 e. The third-order valence-corrected chi connectivity index (χ3v) is 4.27. The smallest absolute Gasteiger partial charge is 0.408 e. The molecular formula is C19H27BrN2O6. The van der Waals surface area contributed by atoms with E-state index in [9.17, 15) is 19.5 Å². The zero-order chi connectivity index (χ0) is 21.2. The van der Waals surface area contributed by atoms with E-state index < -0.39 is 29.8 Å². The van der Waals surface area contributed by atoms with Gasteiger partial charge in [0, 0.05) is 16.6 Å². The number of benzene rings is 1. The molecule has 0 aromatic heterocycles. The van der Waals surface area contributed by atoms with E-state index in [4.69, 9.17) is 9.47 Å². The van der Waals surface area contributed by atoms with Gasteiger partial charge in [-0.1, -0.05) is 34.1 Å². The summed E-state index contributed by atoms with van der Waals surface area (Å²) in [4.78, 5) is 34.6. The van der Waals surface area contributed by atoms with Crippen LogP contribution in [0.5, 0.6) is 0 Å². The highest BCUT2D eigenvalue weighted by atomic mass is 79.9. The molecule has 0 saturated heterocycles. The van der Waals surface area contributed by atoms with Gasteiger partial charge in [-0.3, -0.25) is 0 Å². The van der Waals surface area contributed by atoms with Gasteiger partial charge in [0.15, 0.2) is 0 Å². The van der Waals surface area contributed by atoms with Crippen LogP contribution < -0.4 is 10.6 Å². The fourth-order valence-corrected chi connectivity index (χ4v) is 2.58. The topological polar surface area (TPSA) is 114 Å². The molecule has 0 aliphatic carbocycles. The first-order chi connectivity index (χ1) is 13.1. The average Bonchev–Trinajstić information content (AvgIpc) is 2.58. The van der Waals surface area contributed by atoms with E-state index in [1.807, 2.05) is 24.3 Å². The van der Waals surface area contributed by atoms with Gasteiger partial charge in [-0.15, -0.1) is 0 Å². The standard InChI is InChI=1S/C19H27BrN2O6/c1-19(2,3)28-18(26)22-15(16(23)24)10-6-7-11-21-17(25)27-12-13-8-4-5-9-14(13)20/h4-5,8-9,15H,6-7,10-12H2,1-3H3,(H,21,25)(H,22,26)(H,23,24). The molecule has 0 bridgehead atoms. The van der Waals surface area contributed by atoms with Crippen LogP contribution in [0.1, 0.15) is 45.6 Å². The van der Waals surface area contributed by atoms with Gasteiger partial charge >= 0.3 is 18.2 Å². The summed E-state index contributed by atoms with van der Waals surface area (Å²) in [5.41, 5.74) is 0.155. The second-order valence-electron chi connectivity index (χ2n) is 7.13. The van der Waals surface area contributed by atoms with Gasteiger partial charge in [0.05, 0.1) is 0 Å². The number of rotatable bonds is 9. The van der Waals surface area contributed by atoms with Crippen molar-refractivity contribution in [3.63, 3.8) is 0 Å². The Hall–Kier alpha value is -2.29. The lowest BCUT2D eigenvalue weighted by atomic mass is 10.1. The number of aliphatic carboxylic acids is 1. The second-order valence-corrected chi connectivity index (χ2v) is 7.98. The Morgan fingerprint density at radius 1 is 1.14 bits per heavy atom. The lowest BCUT2D eigenvalue weighted by Crippen LogP contribution is -2.43. The predicted octanol–water partition coefficient (Wildman–Crippen LogP) is 3.82. The minimum atomic E-state index is -1.13. The van der Waals surface area contributed by atoms with E-state index in [1.165, 1.54) is 0 Å². The van der Waals surface area contributed by atoms with Gasteiger partial charge in [-0.05, 0) is 46.1 Å². The summed E-state index contributed by atoms with van der Waals surface area (Å²) in [7, 11) is 0. The quantitative estimate of drug-likeness (QED) is 0.484. The number of carboxylic acid groups (broad SMARTS) is 1. The summed E-state index contributed by atoms with van der Waals surface area (Å²) < 4.78 is 11.0. The zero-order valence-corrected chi connectivity index (χ0v) is 17.9. The van der Waals surface area contributed by atoms with Gasteiger partial charge in [0.25, 0.3) is 0 Å². The summed E-state index contributed by atoms with van der Waals surface area (Å²) >= 11 is 3.38. The van der Waals surface area contributed by atoms with Crippen LogP contribution in [-0.2, 0) is 20.9 Å². The molecule has 0 saturated carbocycles. The van der Waals surface area contributed by atoms with Crippen LogP contribution in [0.15, 0.2) is 28.7 Å². The molecule has 0 fully saturated rings. The molecule has 1 aromatic rings. The molecule has 28 heavy (non-hydrogen) atoms. The number of carbonyl (C=O) groups is 3. The molecular weight excluding hydrogens is 432 g/mol. The Balaban J connectivity index is 2.24. The average molecular weight is 459 g/mol. The second kappa shape index (κ2) is 11.5. The highest BCUT2D eigenvalue weighted by Gasteiger charge is 2.23. The Kier molecular flexibility index (Phi) is 9.78. The number of hydrogen-bond acceptors (Lipinski definition) is 5. The lowest BCUT2D eigenvalue weighted by molar-refractivity contribution is -0.139. The number of nitrogens with one attached hydrogen (secondary N) is 2. The molecule has 0 radical (unpaired) electrons. The molecule has 0 spiro atoms. The molecule has 156 valence electrons. The molecule has 1 aromatic carbocycles. The predicted molar refractivity (Wildman–Crippen MR) is 107 cm³/mol. The SMILES string of the molecule is CC(C)(C)OC(=O)NC(CCCCNC(=O)OCc1ccccc1Br)C(=O)O. The van der Waals surface area contributed by atoms with Gasteiger partial charge in [0.1, 0.15) is 18.2 Å². The normalized spacial score (nSPS) is 12.0. The van der Waals surface area contributed by atoms with Gasteiger partial charge in [-0.2, -0.15) is 0 Å². The lowest BCUT2D eigenvalue weighted by Gasteiger charge is -2.22. The third-order valence-electron chi connectivity index (χ3n) is 3.49. The summed E-state index contributed by atoms with van der Waals surface area (Å²) in [5, 5.41) is 14.2. The molecule has 1 atom stereocenters. The van der Waals surface area contributed by atoms with Crippen molar-refractivity contribution in [1.82, 2.24) is 10.6 Å². The largest absolute Gasteiger partial charge is 0.480 e. The van der Waals surface area contributed by atoms with E-state index >= 15 is 0 Å².